The normalized spacial score (nSPS) is 10.1. The summed E-state index contributed by atoms with van der Waals surface area (Å²) in [6, 6.07) is 9.02. The van der Waals surface area contributed by atoms with Gasteiger partial charge in [0.1, 0.15) is 6.61 Å². The lowest BCUT2D eigenvalue weighted by atomic mass is 10.2. The van der Waals surface area contributed by atoms with Gasteiger partial charge in [0.25, 0.3) is 0 Å². The Hall–Kier alpha value is -2.26. The SMILES string of the molecule is Cc1n[nH]c(C)c1SCC(=O)OCc1ccc(C#N)cc1. The van der Waals surface area contributed by atoms with Gasteiger partial charge in [0.05, 0.1) is 28.0 Å². The predicted octanol–water partition coefficient (Wildman–Crippen LogP) is 2.73. The molecule has 0 amide bonds. The Balaban J connectivity index is 1.81. The maximum Gasteiger partial charge on any atom is 0.316 e. The van der Waals surface area contributed by atoms with Gasteiger partial charge in [0.15, 0.2) is 0 Å². The molecular weight excluding hydrogens is 286 g/mol. The number of hydrogen-bond acceptors (Lipinski definition) is 5. The number of esters is 1. The van der Waals surface area contributed by atoms with E-state index >= 15 is 0 Å². The molecule has 1 N–H and O–H groups in total. The van der Waals surface area contributed by atoms with Gasteiger partial charge in [-0.05, 0) is 31.5 Å². The topological polar surface area (TPSA) is 78.8 Å². The van der Waals surface area contributed by atoms with Gasteiger partial charge in [-0.3, -0.25) is 9.89 Å². The number of carbonyl (C=O) groups is 1. The van der Waals surface area contributed by atoms with Gasteiger partial charge in [-0.2, -0.15) is 10.4 Å². The summed E-state index contributed by atoms with van der Waals surface area (Å²) in [5, 5.41) is 15.7. The minimum atomic E-state index is -0.274. The standard InChI is InChI=1S/C15H15N3O2S/c1-10-15(11(2)18-17-10)21-9-14(19)20-8-13-5-3-12(7-16)4-6-13/h3-6H,8-9H2,1-2H3,(H,17,18). The molecule has 2 aromatic rings. The summed E-state index contributed by atoms with van der Waals surface area (Å²) >= 11 is 1.42. The third-order valence-corrected chi connectivity index (χ3v) is 4.15. The summed E-state index contributed by atoms with van der Waals surface area (Å²) in [5.41, 5.74) is 3.30. The first-order valence-corrected chi connectivity index (χ1v) is 7.37. The lowest BCUT2D eigenvalue weighted by Gasteiger charge is -2.05. The smallest absolute Gasteiger partial charge is 0.316 e. The fourth-order valence-corrected chi connectivity index (χ4v) is 2.63. The number of nitrogens with one attached hydrogen (secondary N) is 1. The molecule has 0 radical (unpaired) electrons. The fourth-order valence-electron chi connectivity index (χ4n) is 1.77. The number of thioether (sulfide) groups is 1. The Morgan fingerprint density at radius 3 is 2.67 bits per heavy atom. The molecule has 1 aromatic carbocycles. The van der Waals surface area contributed by atoms with E-state index < -0.39 is 0 Å². The van der Waals surface area contributed by atoms with Crippen molar-refractivity contribution in [2.45, 2.75) is 25.3 Å². The van der Waals surface area contributed by atoms with Crippen LogP contribution in [0.4, 0.5) is 0 Å². The van der Waals surface area contributed by atoms with Crippen LogP contribution >= 0.6 is 11.8 Å². The van der Waals surface area contributed by atoms with E-state index in [0.29, 0.717) is 5.56 Å². The number of nitriles is 1. The Morgan fingerprint density at radius 1 is 1.38 bits per heavy atom. The average Bonchev–Trinajstić information content (AvgIpc) is 2.82. The molecule has 0 aliphatic heterocycles. The van der Waals surface area contributed by atoms with Crippen molar-refractivity contribution in [1.82, 2.24) is 10.2 Å². The van der Waals surface area contributed by atoms with Crippen LogP contribution in [-0.4, -0.2) is 21.9 Å². The number of aromatic nitrogens is 2. The van der Waals surface area contributed by atoms with Gasteiger partial charge >= 0.3 is 5.97 Å². The van der Waals surface area contributed by atoms with Crippen LogP contribution in [0.5, 0.6) is 0 Å². The number of benzene rings is 1. The van der Waals surface area contributed by atoms with Gasteiger partial charge in [-0.25, -0.2) is 0 Å². The van der Waals surface area contributed by atoms with Crippen LogP contribution in [0.1, 0.15) is 22.5 Å². The second kappa shape index (κ2) is 6.95. The Labute approximate surface area is 127 Å². The molecule has 0 aliphatic rings. The lowest BCUT2D eigenvalue weighted by Crippen LogP contribution is -2.07. The predicted molar refractivity (Wildman–Crippen MR) is 79.7 cm³/mol. The molecule has 0 fully saturated rings. The average molecular weight is 301 g/mol. The van der Waals surface area contributed by atoms with Crippen molar-refractivity contribution in [3.63, 3.8) is 0 Å². The Morgan fingerprint density at radius 2 is 2.10 bits per heavy atom. The number of ether oxygens (including phenoxy) is 1. The molecule has 21 heavy (non-hydrogen) atoms. The molecular formula is C15H15N3O2S. The molecule has 1 heterocycles. The van der Waals surface area contributed by atoms with E-state index in [0.717, 1.165) is 21.8 Å². The summed E-state index contributed by atoms with van der Waals surface area (Å²) in [6.45, 7) is 4.03. The highest BCUT2D eigenvalue weighted by atomic mass is 32.2. The first-order valence-electron chi connectivity index (χ1n) is 6.39. The van der Waals surface area contributed by atoms with Crippen LogP contribution in [-0.2, 0) is 16.1 Å². The van der Waals surface area contributed by atoms with Crippen LogP contribution < -0.4 is 0 Å². The molecule has 0 aliphatic carbocycles. The zero-order valence-corrected chi connectivity index (χ0v) is 12.7. The zero-order chi connectivity index (χ0) is 15.2. The van der Waals surface area contributed by atoms with Crippen LogP contribution in [0.3, 0.4) is 0 Å². The number of carbonyl (C=O) groups excluding carboxylic acids is 1. The largest absolute Gasteiger partial charge is 0.460 e. The molecule has 0 atom stereocenters. The van der Waals surface area contributed by atoms with E-state index in [4.69, 9.17) is 10.00 Å². The molecule has 0 unspecified atom stereocenters. The van der Waals surface area contributed by atoms with Gasteiger partial charge in [-0.1, -0.05) is 12.1 Å². The molecule has 108 valence electrons. The summed E-state index contributed by atoms with van der Waals surface area (Å²) in [5.74, 6) is -0.0262. The first kappa shape index (κ1) is 15.1. The minimum Gasteiger partial charge on any atom is -0.460 e. The van der Waals surface area contributed by atoms with Crippen LogP contribution in [0.2, 0.25) is 0 Å². The van der Waals surface area contributed by atoms with Crippen molar-refractivity contribution in [3.05, 3.63) is 46.8 Å². The third kappa shape index (κ3) is 4.10. The zero-order valence-electron chi connectivity index (χ0n) is 11.8. The van der Waals surface area contributed by atoms with Gasteiger partial charge in [0.2, 0.25) is 0 Å². The molecule has 0 saturated carbocycles. The fraction of sp³-hybridized carbons (Fsp3) is 0.267. The van der Waals surface area contributed by atoms with E-state index in [2.05, 4.69) is 10.2 Å². The number of aryl methyl sites for hydroxylation is 2. The summed E-state index contributed by atoms with van der Waals surface area (Å²) in [7, 11) is 0. The van der Waals surface area contributed by atoms with Gasteiger partial charge in [0, 0.05) is 5.69 Å². The maximum absolute atomic E-state index is 11.7. The highest BCUT2D eigenvalue weighted by molar-refractivity contribution is 8.00. The Kier molecular flexibility index (Phi) is 5.01. The lowest BCUT2D eigenvalue weighted by molar-refractivity contribution is -0.141. The van der Waals surface area contributed by atoms with E-state index in [1.165, 1.54) is 11.8 Å². The van der Waals surface area contributed by atoms with Crippen LogP contribution in [0.15, 0.2) is 29.2 Å². The maximum atomic E-state index is 11.7. The molecule has 1 aromatic heterocycles. The van der Waals surface area contributed by atoms with Crippen LogP contribution in [0, 0.1) is 25.2 Å². The second-order valence-electron chi connectivity index (χ2n) is 4.52. The molecule has 5 nitrogen and oxygen atoms in total. The number of rotatable bonds is 5. The van der Waals surface area contributed by atoms with Crippen molar-refractivity contribution >= 4 is 17.7 Å². The van der Waals surface area contributed by atoms with Gasteiger partial charge < -0.3 is 4.74 Å². The summed E-state index contributed by atoms with van der Waals surface area (Å²) < 4.78 is 5.21. The van der Waals surface area contributed by atoms with Crippen molar-refractivity contribution < 1.29 is 9.53 Å². The van der Waals surface area contributed by atoms with Crippen molar-refractivity contribution in [2.24, 2.45) is 0 Å². The quantitative estimate of drug-likeness (QED) is 0.678. The molecule has 0 bridgehead atoms. The van der Waals surface area contributed by atoms with E-state index in [1.54, 1.807) is 24.3 Å². The van der Waals surface area contributed by atoms with Crippen molar-refractivity contribution in [1.29, 1.82) is 5.26 Å². The molecule has 0 spiro atoms. The highest BCUT2D eigenvalue weighted by Crippen LogP contribution is 2.24. The number of aromatic amines is 1. The van der Waals surface area contributed by atoms with Crippen molar-refractivity contribution in [3.8, 4) is 6.07 Å². The third-order valence-electron chi connectivity index (χ3n) is 2.88. The number of H-pyrrole nitrogens is 1. The summed E-state index contributed by atoms with van der Waals surface area (Å²) in [6.07, 6.45) is 0. The van der Waals surface area contributed by atoms with Gasteiger partial charge in [-0.15, -0.1) is 11.8 Å². The number of nitrogens with zero attached hydrogens (tertiary/aromatic N) is 2. The molecule has 2 rings (SSSR count). The second-order valence-corrected chi connectivity index (χ2v) is 5.51. The van der Waals surface area contributed by atoms with Crippen LogP contribution in [0.25, 0.3) is 0 Å². The summed E-state index contributed by atoms with van der Waals surface area (Å²) in [4.78, 5) is 12.7. The van der Waals surface area contributed by atoms with E-state index in [1.807, 2.05) is 19.9 Å². The highest BCUT2D eigenvalue weighted by Gasteiger charge is 2.10. The monoisotopic (exact) mass is 301 g/mol. The number of hydrogen-bond donors (Lipinski definition) is 1. The first-order chi connectivity index (χ1) is 10.1. The van der Waals surface area contributed by atoms with Crippen molar-refractivity contribution in [2.75, 3.05) is 5.75 Å². The van der Waals surface area contributed by atoms with E-state index in [-0.39, 0.29) is 18.3 Å². The van der Waals surface area contributed by atoms with E-state index in [9.17, 15) is 4.79 Å². The molecule has 6 heteroatoms. The minimum absolute atomic E-state index is 0.217. The molecule has 0 saturated heterocycles. The Bertz CT molecular complexity index is 652.